The number of piperazine rings is 3. The van der Waals surface area contributed by atoms with Crippen LogP contribution in [0.2, 0.25) is 0 Å². The fraction of sp³-hybridized carbons (Fsp3) is 0.600. The van der Waals surface area contributed by atoms with Crippen molar-refractivity contribution >= 4 is 0 Å². The number of hydrogen-bond donors (Lipinski definition) is 2. The molecule has 1 aromatic rings. The first kappa shape index (κ1) is 13.1. The van der Waals surface area contributed by atoms with E-state index >= 15 is 0 Å². The quantitative estimate of drug-likeness (QED) is 0.596. The summed E-state index contributed by atoms with van der Waals surface area (Å²) in [6.07, 6.45) is 2.20. The van der Waals surface area contributed by atoms with Crippen molar-refractivity contribution in [2.24, 2.45) is 5.84 Å². The minimum Gasteiger partial charge on any atom is -0.299 e. The number of hydrogen-bond acceptors (Lipinski definition) is 4. The van der Waals surface area contributed by atoms with Gasteiger partial charge >= 0.3 is 0 Å². The van der Waals surface area contributed by atoms with E-state index in [2.05, 4.69) is 45.6 Å². The summed E-state index contributed by atoms with van der Waals surface area (Å²) in [6, 6.07) is 11.7. The molecule has 2 bridgehead atoms. The van der Waals surface area contributed by atoms with Crippen molar-refractivity contribution in [2.75, 3.05) is 32.7 Å². The summed E-state index contributed by atoms with van der Waals surface area (Å²) in [4.78, 5) is 5.17. The van der Waals surface area contributed by atoms with Gasteiger partial charge in [0.1, 0.15) is 0 Å². The Bertz CT molecular complexity index is 386. The molecule has 2 unspecified atom stereocenters. The van der Waals surface area contributed by atoms with E-state index in [1.807, 2.05) is 0 Å². The lowest BCUT2D eigenvalue weighted by atomic mass is 9.95. The second kappa shape index (κ2) is 6.01. The maximum absolute atomic E-state index is 5.80. The van der Waals surface area contributed by atoms with Crippen LogP contribution in [0.3, 0.4) is 0 Å². The van der Waals surface area contributed by atoms with Crippen LogP contribution in [0, 0.1) is 0 Å². The topological polar surface area (TPSA) is 44.5 Å². The van der Waals surface area contributed by atoms with Crippen molar-refractivity contribution in [3.8, 4) is 0 Å². The van der Waals surface area contributed by atoms with Gasteiger partial charge in [-0.3, -0.25) is 21.1 Å². The Morgan fingerprint density at radius 2 is 1.89 bits per heavy atom. The molecule has 0 spiro atoms. The fourth-order valence-electron chi connectivity index (χ4n) is 3.39. The first-order valence-electron chi connectivity index (χ1n) is 7.33. The van der Waals surface area contributed by atoms with Gasteiger partial charge in [0.2, 0.25) is 0 Å². The molecule has 0 aromatic heterocycles. The Morgan fingerprint density at radius 1 is 1.16 bits per heavy atom. The molecule has 0 aliphatic carbocycles. The highest BCUT2D eigenvalue weighted by Crippen LogP contribution is 2.20. The fourth-order valence-corrected chi connectivity index (χ4v) is 3.39. The molecule has 2 atom stereocenters. The number of hydrazine groups is 1. The van der Waals surface area contributed by atoms with Crippen molar-refractivity contribution in [1.82, 2.24) is 15.2 Å². The SMILES string of the molecule is NNC(CCc1ccccc1)C1CN2CCN1CC2. The van der Waals surface area contributed by atoms with Gasteiger partial charge in [0.25, 0.3) is 0 Å². The van der Waals surface area contributed by atoms with E-state index in [0.717, 1.165) is 12.8 Å². The third kappa shape index (κ3) is 2.98. The van der Waals surface area contributed by atoms with Gasteiger partial charge in [-0.2, -0.15) is 0 Å². The highest BCUT2D eigenvalue weighted by Gasteiger charge is 2.35. The number of fused-ring (bicyclic) bond motifs is 3. The zero-order chi connectivity index (χ0) is 13.1. The van der Waals surface area contributed by atoms with Crippen LogP contribution in [0.4, 0.5) is 0 Å². The average molecular weight is 260 g/mol. The second-order valence-electron chi connectivity index (χ2n) is 5.70. The molecule has 3 fully saturated rings. The van der Waals surface area contributed by atoms with E-state index in [0.29, 0.717) is 12.1 Å². The van der Waals surface area contributed by atoms with Crippen LogP contribution in [0.1, 0.15) is 12.0 Å². The van der Waals surface area contributed by atoms with E-state index < -0.39 is 0 Å². The molecule has 0 amide bonds. The summed E-state index contributed by atoms with van der Waals surface area (Å²) in [6.45, 7) is 6.03. The molecule has 3 heterocycles. The molecule has 3 N–H and O–H groups in total. The normalized spacial score (nSPS) is 31.3. The Kier molecular flexibility index (Phi) is 4.13. The summed E-state index contributed by atoms with van der Waals surface area (Å²) >= 11 is 0. The molecule has 4 heteroatoms. The van der Waals surface area contributed by atoms with Gasteiger partial charge in [-0.1, -0.05) is 30.3 Å². The van der Waals surface area contributed by atoms with Crippen LogP contribution in [-0.4, -0.2) is 54.6 Å². The van der Waals surface area contributed by atoms with Gasteiger partial charge in [-0.25, -0.2) is 0 Å². The minimum absolute atomic E-state index is 0.392. The van der Waals surface area contributed by atoms with Gasteiger partial charge in [0.05, 0.1) is 0 Å². The van der Waals surface area contributed by atoms with E-state index in [-0.39, 0.29) is 0 Å². The monoisotopic (exact) mass is 260 g/mol. The Morgan fingerprint density at radius 3 is 2.47 bits per heavy atom. The molecule has 3 aliphatic rings. The van der Waals surface area contributed by atoms with E-state index in [1.165, 1.54) is 38.3 Å². The summed E-state index contributed by atoms with van der Waals surface area (Å²) in [5.41, 5.74) is 4.46. The maximum atomic E-state index is 5.80. The molecule has 104 valence electrons. The predicted octanol–water partition coefficient (Wildman–Crippen LogP) is 0.451. The van der Waals surface area contributed by atoms with Crippen molar-refractivity contribution in [2.45, 2.75) is 24.9 Å². The standard InChI is InChI=1S/C15H24N4/c16-17-14(7-6-13-4-2-1-3-5-13)15-12-18-8-10-19(15)11-9-18/h1-5,14-15,17H,6-12,16H2. The third-order valence-corrected chi connectivity index (χ3v) is 4.59. The largest absolute Gasteiger partial charge is 0.299 e. The Hall–Kier alpha value is -0.940. The zero-order valence-corrected chi connectivity index (χ0v) is 11.5. The lowest BCUT2D eigenvalue weighted by Crippen LogP contribution is -2.67. The lowest BCUT2D eigenvalue weighted by Gasteiger charge is -2.50. The lowest BCUT2D eigenvalue weighted by molar-refractivity contribution is -0.00442. The van der Waals surface area contributed by atoms with E-state index in [9.17, 15) is 0 Å². The molecule has 0 saturated carbocycles. The second-order valence-corrected chi connectivity index (χ2v) is 5.70. The van der Waals surface area contributed by atoms with Crippen LogP contribution in [0.5, 0.6) is 0 Å². The van der Waals surface area contributed by atoms with Crippen LogP contribution in [0.25, 0.3) is 0 Å². The molecule has 0 radical (unpaired) electrons. The van der Waals surface area contributed by atoms with Crippen molar-refractivity contribution in [3.63, 3.8) is 0 Å². The molecule has 4 rings (SSSR count). The number of aryl methyl sites for hydroxylation is 1. The summed E-state index contributed by atoms with van der Waals surface area (Å²) in [5.74, 6) is 5.80. The van der Waals surface area contributed by atoms with E-state index in [4.69, 9.17) is 5.84 Å². The highest BCUT2D eigenvalue weighted by molar-refractivity contribution is 5.15. The molecule has 19 heavy (non-hydrogen) atoms. The number of nitrogens with zero attached hydrogens (tertiary/aromatic N) is 2. The summed E-state index contributed by atoms with van der Waals surface area (Å²) < 4.78 is 0. The van der Waals surface area contributed by atoms with Gasteiger partial charge in [-0.05, 0) is 18.4 Å². The predicted molar refractivity (Wildman–Crippen MR) is 77.7 cm³/mol. The number of nitrogens with one attached hydrogen (secondary N) is 1. The molecule has 1 aromatic carbocycles. The number of benzene rings is 1. The molecule has 3 saturated heterocycles. The average Bonchev–Trinajstić information content (AvgIpc) is 2.50. The van der Waals surface area contributed by atoms with Crippen molar-refractivity contribution in [3.05, 3.63) is 35.9 Å². The number of rotatable bonds is 5. The zero-order valence-electron chi connectivity index (χ0n) is 11.5. The third-order valence-electron chi connectivity index (χ3n) is 4.59. The van der Waals surface area contributed by atoms with E-state index in [1.54, 1.807) is 0 Å². The molecular formula is C15H24N4. The molecule has 3 aliphatic heterocycles. The molecule has 4 nitrogen and oxygen atoms in total. The first-order chi connectivity index (χ1) is 9.36. The van der Waals surface area contributed by atoms with Crippen LogP contribution >= 0.6 is 0 Å². The Labute approximate surface area is 115 Å². The highest BCUT2D eigenvalue weighted by atomic mass is 15.4. The van der Waals surface area contributed by atoms with Gasteiger partial charge in [0.15, 0.2) is 0 Å². The number of nitrogens with two attached hydrogens (primary N) is 1. The molecular weight excluding hydrogens is 236 g/mol. The Balaban J connectivity index is 1.58. The smallest absolute Gasteiger partial charge is 0.0391 e. The van der Waals surface area contributed by atoms with Crippen LogP contribution < -0.4 is 11.3 Å². The van der Waals surface area contributed by atoms with Gasteiger partial charge in [0, 0.05) is 44.8 Å². The van der Waals surface area contributed by atoms with Crippen molar-refractivity contribution < 1.29 is 0 Å². The summed E-state index contributed by atoms with van der Waals surface area (Å²) in [5, 5.41) is 0. The summed E-state index contributed by atoms with van der Waals surface area (Å²) in [7, 11) is 0. The van der Waals surface area contributed by atoms with Crippen LogP contribution in [-0.2, 0) is 6.42 Å². The van der Waals surface area contributed by atoms with Crippen molar-refractivity contribution in [1.29, 1.82) is 0 Å². The minimum atomic E-state index is 0.392. The van der Waals surface area contributed by atoms with Gasteiger partial charge < -0.3 is 0 Å². The van der Waals surface area contributed by atoms with Crippen LogP contribution in [0.15, 0.2) is 30.3 Å². The maximum Gasteiger partial charge on any atom is 0.0391 e. The van der Waals surface area contributed by atoms with Gasteiger partial charge in [-0.15, -0.1) is 0 Å². The first-order valence-corrected chi connectivity index (χ1v) is 7.33.